The molecule has 3 heterocycles. The molecule has 4 rings (SSSR count). The topological polar surface area (TPSA) is 42.0 Å². The highest BCUT2D eigenvalue weighted by Gasteiger charge is 2.30. The molecule has 5 nitrogen and oxygen atoms in total. The molecule has 1 amide bonds. The van der Waals surface area contributed by atoms with Crippen LogP contribution in [0.1, 0.15) is 31.2 Å². The minimum Gasteiger partial charge on any atom is -0.493 e. The van der Waals surface area contributed by atoms with Gasteiger partial charge in [0.25, 0.3) is 0 Å². The van der Waals surface area contributed by atoms with Gasteiger partial charge in [-0.05, 0) is 56.5 Å². The van der Waals surface area contributed by atoms with Gasteiger partial charge in [-0.1, -0.05) is 12.1 Å². The summed E-state index contributed by atoms with van der Waals surface area (Å²) < 4.78 is 11.3. The molecule has 5 heteroatoms. The van der Waals surface area contributed by atoms with Gasteiger partial charge in [0.05, 0.1) is 7.11 Å². The van der Waals surface area contributed by atoms with Gasteiger partial charge in [0.15, 0.2) is 11.5 Å². The number of para-hydroxylation sites is 1. The Kier molecular flexibility index (Phi) is 5.16. The first kappa shape index (κ1) is 17.4. The van der Waals surface area contributed by atoms with Crippen LogP contribution < -0.4 is 9.47 Å². The number of methoxy groups -OCH3 is 1. The van der Waals surface area contributed by atoms with Gasteiger partial charge in [0.2, 0.25) is 5.91 Å². The molecule has 140 valence electrons. The van der Waals surface area contributed by atoms with Gasteiger partial charge in [0, 0.05) is 31.1 Å². The Labute approximate surface area is 155 Å². The number of nitrogens with zero attached hydrogens (tertiary/aromatic N) is 2. The molecular weight excluding hydrogens is 328 g/mol. The number of hydrogen-bond acceptors (Lipinski definition) is 4. The largest absolute Gasteiger partial charge is 0.493 e. The third kappa shape index (κ3) is 3.58. The van der Waals surface area contributed by atoms with Crippen molar-refractivity contribution in [3.8, 4) is 11.5 Å². The molecule has 0 N–H and O–H groups in total. The highest BCUT2D eigenvalue weighted by molar-refractivity contribution is 5.79. The van der Waals surface area contributed by atoms with E-state index in [1.54, 1.807) is 7.11 Å². The van der Waals surface area contributed by atoms with E-state index >= 15 is 0 Å². The molecule has 1 aromatic carbocycles. The second-order valence-corrected chi connectivity index (χ2v) is 7.55. The lowest BCUT2D eigenvalue weighted by molar-refractivity contribution is -0.135. The summed E-state index contributed by atoms with van der Waals surface area (Å²) in [6.07, 6.45) is 6.53. The van der Waals surface area contributed by atoms with Crippen molar-refractivity contribution in [1.29, 1.82) is 0 Å². The third-order valence-corrected chi connectivity index (χ3v) is 5.77. The summed E-state index contributed by atoms with van der Waals surface area (Å²) in [6, 6.07) is 5.99. The maximum absolute atomic E-state index is 12.6. The molecule has 0 spiro atoms. The molecule has 0 radical (unpaired) electrons. The van der Waals surface area contributed by atoms with E-state index in [1.165, 1.54) is 18.4 Å². The quantitative estimate of drug-likeness (QED) is 0.832. The molecule has 3 aliphatic rings. The SMILES string of the molecule is COc1cccc2c1OCC(CN1CCC(C(=O)N3CCCC3)CC1)=C2. The van der Waals surface area contributed by atoms with Crippen molar-refractivity contribution in [2.75, 3.05) is 46.4 Å². The first-order valence-electron chi connectivity index (χ1n) is 9.75. The van der Waals surface area contributed by atoms with Gasteiger partial charge in [-0.15, -0.1) is 0 Å². The van der Waals surface area contributed by atoms with Crippen molar-refractivity contribution in [3.05, 3.63) is 29.3 Å². The zero-order valence-corrected chi connectivity index (χ0v) is 15.6. The van der Waals surface area contributed by atoms with Crippen LogP contribution in [0.4, 0.5) is 0 Å². The fourth-order valence-corrected chi connectivity index (χ4v) is 4.30. The summed E-state index contributed by atoms with van der Waals surface area (Å²) in [5.74, 6) is 2.25. The molecule has 2 fully saturated rings. The van der Waals surface area contributed by atoms with Crippen molar-refractivity contribution in [2.24, 2.45) is 5.92 Å². The van der Waals surface area contributed by atoms with Crippen LogP contribution in [0.5, 0.6) is 11.5 Å². The average Bonchev–Trinajstić information content (AvgIpc) is 3.22. The number of likely N-dealkylation sites (tertiary alicyclic amines) is 2. The summed E-state index contributed by atoms with van der Waals surface area (Å²) in [4.78, 5) is 17.1. The van der Waals surface area contributed by atoms with Crippen LogP contribution in [0, 0.1) is 5.92 Å². The monoisotopic (exact) mass is 356 g/mol. The zero-order valence-electron chi connectivity index (χ0n) is 15.6. The maximum Gasteiger partial charge on any atom is 0.225 e. The van der Waals surface area contributed by atoms with E-state index in [-0.39, 0.29) is 5.92 Å². The number of benzene rings is 1. The first-order chi connectivity index (χ1) is 12.7. The number of piperidine rings is 1. The molecule has 26 heavy (non-hydrogen) atoms. The van der Waals surface area contributed by atoms with Gasteiger partial charge in [-0.3, -0.25) is 9.69 Å². The minimum atomic E-state index is 0.228. The van der Waals surface area contributed by atoms with E-state index in [9.17, 15) is 4.79 Å². The number of ether oxygens (including phenoxy) is 2. The number of fused-ring (bicyclic) bond motifs is 1. The summed E-state index contributed by atoms with van der Waals surface area (Å²) in [5.41, 5.74) is 2.37. The third-order valence-electron chi connectivity index (χ3n) is 5.77. The molecule has 0 aliphatic carbocycles. The van der Waals surface area contributed by atoms with Crippen LogP contribution in [0.2, 0.25) is 0 Å². The Hall–Kier alpha value is -2.01. The van der Waals surface area contributed by atoms with Gasteiger partial charge in [-0.25, -0.2) is 0 Å². The molecule has 3 aliphatic heterocycles. The van der Waals surface area contributed by atoms with Crippen molar-refractivity contribution >= 4 is 12.0 Å². The van der Waals surface area contributed by atoms with Crippen LogP contribution in [0.3, 0.4) is 0 Å². The maximum atomic E-state index is 12.6. The van der Waals surface area contributed by atoms with Gasteiger partial charge < -0.3 is 14.4 Å². The molecule has 0 aromatic heterocycles. The van der Waals surface area contributed by atoms with E-state index in [4.69, 9.17) is 9.47 Å². The fourth-order valence-electron chi connectivity index (χ4n) is 4.30. The fraction of sp³-hybridized carbons (Fsp3) is 0.571. The molecule has 0 atom stereocenters. The zero-order chi connectivity index (χ0) is 17.9. The number of carbonyl (C=O) groups is 1. The molecule has 2 saturated heterocycles. The highest BCUT2D eigenvalue weighted by atomic mass is 16.5. The Morgan fingerprint density at radius 2 is 1.96 bits per heavy atom. The lowest BCUT2D eigenvalue weighted by Gasteiger charge is -2.34. The second kappa shape index (κ2) is 7.70. The Morgan fingerprint density at radius 1 is 1.19 bits per heavy atom. The van der Waals surface area contributed by atoms with Crippen LogP contribution >= 0.6 is 0 Å². The normalized spacial score (nSPS) is 21.1. The number of amides is 1. The van der Waals surface area contributed by atoms with Gasteiger partial charge in [0.1, 0.15) is 6.61 Å². The second-order valence-electron chi connectivity index (χ2n) is 7.55. The van der Waals surface area contributed by atoms with Crippen molar-refractivity contribution < 1.29 is 14.3 Å². The number of hydrogen-bond donors (Lipinski definition) is 0. The predicted molar refractivity (Wildman–Crippen MR) is 101 cm³/mol. The predicted octanol–water partition coefficient (Wildman–Crippen LogP) is 2.81. The van der Waals surface area contributed by atoms with Crippen molar-refractivity contribution in [1.82, 2.24) is 9.80 Å². The Bertz CT molecular complexity index is 686. The molecule has 0 unspecified atom stereocenters. The van der Waals surface area contributed by atoms with Crippen LogP contribution in [0.25, 0.3) is 6.08 Å². The Balaban J connectivity index is 1.33. The van der Waals surface area contributed by atoms with Gasteiger partial charge >= 0.3 is 0 Å². The van der Waals surface area contributed by atoms with Crippen LogP contribution in [0.15, 0.2) is 23.8 Å². The average molecular weight is 356 g/mol. The summed E-state index contributed by atoms with van der Waals surface area (Å²) >= 11 is 0. The lowest BCUT2D eigenvalue weighted by atomic mass is 9.94. The summed E-state index contributed by atoms with van der Waals surface area (Å²) in [5, 5.41) is 0. The van der Waals surface area contributed by atoms with E-state index < -0.39 is 0 Å². The van der Waals surface area contributed by atoms with E-state index in [2.05, 4.69) is 21.9 Å². The number of rotatable bonds is 4. The standard InChI is InChI=1S/C21H28N2O3/c1-25-19-6-4-5-18-13-16(15-26-20(18)19)14-22-11-7-17(8-12-22)21(24)23-9-2-3-10-23/h4-6,13,17H,2-3,7-12,14-15H2,1H3. The highest BCUT2D eigenvalue weighted by Crippen LogP contribution is 2.35. The van der Waals surface area contributed by atoms with E-state index in [0.29, 0.717) is 12.5 Å². The lowest BCUT2D eigenvalue weighted by Crippen LogP contribution is -2.42. The van der Waals surface area contributed by atoms with Crippen molar-refractivity contribution in [3.63, 3.8) is 0 Å². The van der Waals surface area contributed by atoms with Crippen LogP contribution in [-0.4, -0.2) is 62.1 Å². The smallest absolute Gasteiger partial charge is 0.225 e. The molecular formula is C21H28N2O3. The van der Waals surface area contributed by atoms with E-state index in [0.717, 1.165) is 62.6 Å². The van der Waals surface area contributed by atoms with Gasteiger partial charge in [-0.2, -0.15) is 0 Å². The number of carbonyl (C=O) groups excluding carboxylic acids is 1. The molecule has 1 aromatic rings. The Morgan fingerprint density at radius 3 is 2.69 bits per heavy atom. The van der Waals surface area contributed by atoms with Crippen molar-refractivity contribution in [2.45, 2.75) is 25.7 Å². The summed E-state index contributed by atoms with van der Waals surface area (Å²) in [7, 11) is 1.67. The first-order valence-corrected chi connectivity index (χ1v) is 9.75. The minimum absolute atomic E-state index is 0.228. The molecule has 0 saturated carbocycles. The summed E-state index contributed by atoms with van der Waals surface area (Å²) in [6.45, 7) is 5.44. The molecule has 0 bridgehead atoms. The van der Waals surface area contributed by atoms with E-state index in [1.807, 2.05) is 12.1 Å². The van der Waals surface area contributed by atoms with Crippen LogP contribution in [-0.2, 0) is 4.79 Å².